The third kappa shape index (κ3) is 2.49. The van der Waals surface area contributed by atoms with Crippen molar-refractivity contribution in [3.05, 3.63) is 16.4 Å². The molecule has 0 saturated heterocycles. The summed E-state index contributed by atoms with van der Waals surface area (Å²) in [4.78, 5) is 13.1. The summed E-state index contributed by atoms with van der Waals surface area (Å²) >= 11 is 0. The Morgan fingerprint density at radius 2 is 2.43 bits per heavy atom. The van der Waals surface area contributed by atoms with Gasteiger partial charge in [-0.15, -0.1) is 0 Å². The Balaban J connectivity index is 2.73. The van der Waals surface area contributed by atoms with Crippen LogP contribution in [-0.2, 0) is 6.54 Å². The summed E-state index contributed by atoms with van der Waals surface area (Å²) in [6.45, 7) is 3.66. The zero-order chi connectivity index (χ0) is 10.8. The molecule has 0 spiro atoms. The van der Waals surface area contributed by atoms with Gasteiger partial charge in [0, 0.05) is 5.10 Å². The third-order valence-electron chi connectivity index (χ3n) is 1.95. The number of hydrogen-bond donors (Lipinski definition) is 1. The molecule has 1 rings (SSSR count). The van der Waals surface area contributed by atoms with E-state index in [4.69, 9.17) is 0 Å². The van der Waals surface area contributed by atoms with Crippen LogP contribution >= 0.6 is 0 Å². The fourth-order valence-electron chi connectivity index (χ4n) is 0.905. The summed E-state index contributed by atoms with van der Waals surface area (Å²) in [5.41, 5.74) is -0.915. The number of aromatic nitrogens is 3. The van der Waals surface area contributed by atoms with Crippen LogP contribution in [0.2, 0.25) is 0 Å². The standard InChI is InChI=1S/C7H12N4O3/c1-3-7(2,12)4-10-5-8-6(9-10)11(13)14/h5,12H,3-4H2,1-2H3. The molecule has 1 aromatic heterocycles. The van der Waals surface area contributed by atoms with Crippen LogP contribution in [0.1, 0.15) is 20.3 Å². The highest BCUT2D eigenvalue weighted by Gasteiger charge is 2.22. The first-order valence-corrected chi connectivity index (χ1v) is 4.21. The predicted octanol–water partition coefficient (Wildman–Crippen LogP) is 0.347. The minimum atomic E-state index is -0.915. The maximum Gasteiger partial charge on any atom is 0.490 e. The van der Waals surface area contributed by atoms with Gasteiger partial charge in [-0.25, -0.2) is 0 Å². The lowest BCUT2D eigenvalue weighted by Gasteiger charge is -2.18. The number of nitrogens with zero attached hydrogens (tertiary/aromatic N) is 4. The third-order valence-corrected chi connectivity index (χ3v) is 1.95. The van der Waals surface area contributed by atoms with Gasteiger partial charge in [0.1, 0.15) is 0 Å². The van der Waals surface area contributed by atoms with Crippen molar-refractivity contribution in [2.75, 3.05) is 0 Å². The number of hydrogen-bond acceptors (Lipinski definition) is 5. The smallest absolute Gasteiger partial charge is 0.390 e. The molecule has 1 heterocycles. The molecule has 0 fully saturated rings. The Hall–Kier alpha value is -1.50. The highest BCUT2D eigenvalue weighted by atomic mass is 16.6. The van der Waals surface area contributed by atoms with Crippen LogP contribution in [0.4, 0.5) is 5.95 Å². The van der Waals surface area contributed by atoms with Crippen molar-refractivity contribution < 1.29 is 10.0 Å². The molecule has 14 heavy (non-hydrogen) atoms. The minimum Gasteiger partial charge on any atom is -0.390 e. The van der Waals surface area contributed by atoms with E-state index in [1.54, 1.807) is 6.92 Å². The monoisotopic (exact) mass is 200 g/mol. The Kier molecular flexibility index (Phi) is 2.80. The largest absolute Gasteiger partial charge is 0.490 e. The summed E-state index contributed by atoms with van der Waals surface area (Å²) in [5, 5.41) is 23.5. The SMILES string of the molecule is CCC(C)(O)Cn1cnc([N+](=O)[O-])n1. The van der Waals surface area contributed by atoms with Crippen LogP contribution in [0.15, 0.2) is 6.33 Å². The van der Waals surface area contributed by atoms with Gasteiger partial charge in [-0.1, -0.05) is 11.9 Å². The van der Waals surface area contributed by atoms with Gasteiger partial charge in [-0.3, -0.25) is 0 Å². The molecule has 0 saturated carbocycles. The first kappa shape index (κ1) is 10.6. The summed E-state index contributed by atoms with van der Waals surface area (Å²) < 4.78 is 1.27. The Morgan fingerprint density at radius 3 is 2.86 bits per heavy atom. The van der Waals surface area contributed by atoms with Gasteiger partial charge in [0.05, 0.1) is 12.1 Å². The van der Waals surface area contributed by atoms with Gasteiger partial charge < -0.3 is 15.2 Å². The quantitative estimate of drug-likeness (QED) is 0.559. The minimum absolute atomic E-state index is 0.199. The lowest BCUT2D eigenvalue weighted by molar-refractivity contribution is -0.394. The highest BCUT2D eigenvalue weighted by Crippen LogP contribution is 2.11. The van der Waals surface area contributed by atoms with Gasteiger partial charge >= 0.3 is 5.95 Å². The van der Waals surface area contributed by atoms with Gasteiger partial charge in [0.25, 0.3) is 0 Å². The van der Waals surface area contributed by atoms with Crippen molar-refractivity contribution >= 4 is 5.95 Å². The fraction of sp³-hybridized carbons (Fsp3) is 0.714. The Bertz CT molecular complexity index is 333. The van der Waals surface area contributed by atoms with E-state index in [1.807, 2.05) is 6.92 Å². The molecule has 0 amide bonds. The molecular formula is C7H12N4O3. The van der Waals surface area contributed by atoms with E-state index < -0.39 is 16.5 Å². The first-order chi connectivity index (χ1) is 6.44. The zero-order valence-electron chi connectivity index (χ0n) is 8.04. The van der Waals surface area contributed by atoms with E-state index in [0.29, 0.717) is 6.42 Å². The van der Waals surface area contributed by atoms with E-state index >= 15 is 0 Å². The molecule has 1 unspecified atom stereocenters. The van der Waals surface area contributed by atoms with E-state index in [9.17, 15) is 15.2 Å². The van der Waals surface area contributed by atoms with Gasteiger partial charge in [-0.2, -0.15) is 4.68 Å². The lowest BCUT2D eigenvalue weighted by Crippen LogP contribution is -2.29. The number of rotatable bonds is 4. The van der Waals surface area contributed by atoms with Gasteiger partial charge in [-0.05, 0) is 18.3 Å². The van der Waals surface area contributed by atoms with Crippen LogP contribution in [0.3, 0.4) is 0 Å². The van der Waals surface area contributed by atoms with Crippen molar-refractivity contribution in [3.63, 3.8) is 0 Å². The summed E-state index contributed by atoms with van der Waals surface area (Å²) in [7, 11) is 0. The van der Waals surface area contributed by atoms with E-state index in [0.717, 1.165) is 0 Å². The second-order valence-electron chi connectivity index (χ2n) is 3.35. The highest BCUT2D eigenvalue weighted by molar-refractivity contribution is 4.97. The predicted molar refractivity (Wildman–Crippen MR) is 47.6 cm³/mol. The molecular weight excluding hydrogens is 188 g/mol. The molecule has 0 aliphatic heterocycles. The normalized spacial score (nSPS) is 15.1. The molecule has 7 heteroatoms. The average Bonchev–Trinajstić information content (AvgIpc) is 2.52. The van der Waals surface area contributed by atoms with E-state index in [-0.39, 0.29) is 6.54 Å². The molecule has 7 nitrogen and oxygen atoms in total. The topological polar surface area (TPSA) is 94.1 Å². The molecule has 1 atom stereocenters. The second kappa shape index (κ2) is 3.70. The number of aliphatic hydroxyl groups is 1. The fourth-order valence-corrected chi connectivity index (χ4v) is 0.905. The summed E-state index contributed by atoms with van der Waals surface area (Å²) in [6.07, 6.45) is 1.78. The molecule has 0 aliphatic carbocycles. The van der Waals surface area contributed by atoms with Crippen LogP contribution in [0.25, 0.3) is 0 Å². The summed E-state index contributed by atoms with van der Waals surface area (Å²) in [5.74, 6) is -0.447. The molecule has 1 N–H and O–H groups in total. The molecule has 0 bridgehead atoms. The van der Waals surface area contributed by atoms with Crippen molar-refractivity contribution in [3.8, 4) is 0 Å². The van der Waals surface area contributed by atoms with E-state index in [2.05, 4.69) is 10.1 Å². The molecule has 1 aromatic rings. The van der Waals surface area contributed by atoms with Gasteiger partial charge in [0.2, 0.25) is 6.33 Å². The molecule has 0 radical (unpaired) electrons. The molecule has 0 aromatic carbocycles. The van der Waals surface area contributed by atoms with Crippen molar-refractivity contribution in [2.24, 2.45) is 0 Å². The van der Waals surface area contributed by atoms with E-state index in [1.165, 1.54) is 11.0 Å². The van der Waals surface area contributed by atoms with Crippen molar-refractivity contribution in [1.82, 2.24) is 14.8 Å². The Morgan fingerprint density at radius 1 is 1.79 bits per heavy atom. The first-order valence-electron chi connectivity index (χ1n) is 4.21. The molecule has 0 aliphatic rings. The number of nitro groups is 1. The van der Waals surface area contributed by atoms with Crippen molar-refractivity contribution in [2.45, 2.75) is 32.4 Å². The molecule has 78 valence electrons. The lowest BCUT2D eigenvalue weighted by atomic mass is 10.0. The van der Waals surface area contributed by atoms with Crippen molar-refractivity contribution in [1.29, 1.82) is 0 Å². The maximum atomic E-state index is 10.3. The second-order valence-corrected chi connectivity index (χ2v) is 3.35. The van der Waals surface area contributed by atoms with Crippen LogP contribution < -0.4 is 0 Å². The van der Waals surface area contributed by atoms with Crippen LogP contribution in [0, 0.1) is 10.1 Å². The maximum absolute atomic E-state index is 10.3. The van der Waals surface area contributed by atoms with Crippen LogP contribution in [-0.4, -0.2) is 30.4 Å². The average molecular weight is 200 g/mol. The summed E-state index contributed by atoms with van der Waals surface area (Å²) in [6, 6.07) is 0. The van der Waals surface area contributed by atoms with Crippen LogP contribution in [0.5, 0.6) is 0 Å². The Labute approximate surface area is 80.5 Å². The zero-order valence-corrected chi connectivity index (χ0v) is 8.04. The van der Waals surface area contributed by atoms with Gasteiger partial charge in [0.15, 0.2) is 0 Å².